The number of ether oxygens (including phenoxy) is 1. The SMILES string of the molecule is O=C(COc1c(Cl)cccc1Cl)N1CCCCCCC1. The topological polar surface area (TPSA) is 29.5 Å². The van der Waals surface area contributed by atoms with Crippen LogP contribution in [0.1, 0.15) is 32.1 Å². The van der Waals surface area contributed by atoms with Crippen molar-refractivity contribution in [3.8, 4) is 5.75 Å². The van der Waals surface area contributed by atoms with E-state index in [0.717, 1.165) is 25.9 Å². The fourth-order valence-electron chi connectivity index (χ4n) is 2.34. The molecule has 0 radical (unpaired) electrons. The smallest absolute Gasteiger partial charge is 0.260 e. The summed E-state index contributed by atoms with van der Waals surface area (Å²) in [6, 6.07) is 5.14. The van der Waals surface area contributed by atoms with Crippen LogP contribution in [0.3, 0.4) is 0 Å². The van der Waals surface area contributed by atoms with E-state index in [0.29, 0.717) is 15.8 Å². The highest BCUT2D eigenvalue weighted by molar-refractivity contribution is 6.37. The van der Waals surface area contributed by atoms with E-state index in [1.54, 1.807) is 18.2 Å². The second-order valence-corrected chi connectivity index (χ2v) is 5.80. The van der Waals surface area contributed by atoms with E-state index >= 15 is 0 Å². The maximum atomic E-state index is 12.2. The average molecular weight is 316 g/mol. The molecule has 0 saturated carbocycles. The van der Waals surface area contributed by atoms with Crippen LogP contribution in [0.5, 0.6) is 5.75 Å². The monoisotopic (exact) mass is 315 g/mol. The zero-order chi connectivity index (χ0) is 14.4. The van der Waals surface area contributed by atoms with Gasteiger partial charge in [0, 0.05) is 13.1 Å². The molecule has 1 aromatic rings. The van der Waals surface area contributed by atoms with Gasteiger partial charge in [0.1, 0.15) is 0 Å². The number of carbonyl (C=O) groups is 1. The van der Waals surface area contributed by atoms with Crippen LogP contribution < -0.4 is 4.74 Å². The van der Waals surface area contributed by atoms with Crippen molar-refractivity contribution >= 4 is 29.1 Å². The molecule has 0 unspecified atom stereocenters. The molecule has 1 heterocycles. The van der Waals surface area contributed by atoms with Gasteiger partial charge in [-0.2, -0.15) is 0 Å². The third-order valence-electron chi connectivity index (χ3n) is 3.47. The standard InChI is InChI=1S/C15H19Cl2NO2/c16-12-7-6-8-13(17)15(12)20-11-14(19)18-9-4-2-1-3-5-10-18/h6-8H,1-5,9-11H2. The zero-order valence-electron chi connectivity index (χ0n) is 11.4. The van der Waals surface area contributed by atoms with E-state index in [4.69, 9.17) is 27.9 Å². The van der Waals surface area contributed by atoms with Crippen LogP contribution in [0.25, 0.3) is 0 Å². The normalized spacial score (nSPS) is 16.4. The first-order valence-electron chi connectivity index (χ1n) is 7.03. The molecule has 5 heteroatoms. The van der Waals surface area contributed by atoms with Gasteiger partial charge in [-0.1, -0.05) is 48.5 Å². The molecule has 1 aromatic carbocycles. The van der Waals surface area contributed by atoms with Crippen LogP contribution in [-0.4, -0.2) is 30.5 Å². The number of para-hydroxylation sites is 1. The predicted molar refractivity (Wildman–Crippen MR) is 81.6 cm³/mol. The molecular formula is C15H19Cl2NO2. The van der Waals surface area contributed by atoms with Crippen molar-refractivity contribution in [3.05, 3.63) is 28.2 Å². The van der Waals surface area contributed by atoms with Gasteiger partial charge < -0.3 is 9.64 Å². The van der Waals surface area contributed by atoms with Crippen LogP contribution in [0, 0.1) is 0 Å². The number of hydrogen-bond acceptors (Lipinski definition) is 2. The summed E-state index contributed by atoms with van der Waals surface area (Å²) in [6.07, 6.45) is 5.80. The molecule has 1 aliphatic rings. The number of rotatable bonds is 3. The van der Waals surface area contributed by atoms with Crippen LogP contribution in [0.2, 0.25) is 10.0 Å². The molecule has 0 atom stereocenters. The Balaban J connectivity index is 1.90. The van der Waals surface area contributed by atoms with E-state index in [2.05, 4.69) is 0 Å². The highest BCUT2D eigenvalue weighted by atomic mass is 35.5. The lowest BCUT2D eigenvalue weighted by Crippen LogP contribution is -2.37. The minimum Gasteiger partial charge on any atom is -0.481 e. The van der Waals surface area contributed by atoms with E-state index in [9.17, 15) is 4.79 Å². The Morgan fingerprint density at radius 1 is 1.05 bits per heavy atom. The summed E-state index contributed by atoms with van der Waals surface area (Å²) in [5, 5.41) is 0.857. The average Bonchev–Trinajstić information content (AvgIpc) is 2.37. The molecule has 1 amide bonds. The van der Waals surface area contributed by atoms with Gasteiger partial charge in [0.05, 0.1) is 10.0 Å². The Kier molecular flexibility index (Phi) is 5.99. The molecule has 0 bridgehead atoms. The first-order valence-corrected chi connectivity index (χ1v) is 7.78. The van der Waals surface area contributed by atoms with Gasteiger partial charge in [0.25, 0.3) is 5.91 Å². The predicted octanol–water partition coefficient (Wildman–Crippen LogP) is 4.16. The Morgan fingerprint density at radius 3 is 2.20 bits per heavy atom. The number of benzene rings is 1. The maximum Gasteiger partial charge on any atom is 0.260 e. The lowest BCUT2D eigenvalue weighted by Gasteiger charge is -2.24. The van der Waals surface area contributed by atoms with Crippen molar-refractivity contribution in [3.63, 3.8) is 0 Å². The zero-order valence-corrected chi connectivity index (χ0v) is 12.9. The first kappa shape index (κ1) is 15.5. The fraction of sp³-hybridized carbons (Fsp3) is 0.533. The summed E-state index contributed by atoms with van der Waals surface area (Å²) in [5.41, 5.74) is 0. The lowest BCUT2D eigenvalue weighted by molar-refractivity contribution is -0.133. The Morgan fingerprint density at radius 2 is 1.60 bits per heavy atom. The Bertz CT molecular complexity index is 437. The quantitative estimate of drug-likeness (QED) is 0.838. The number of amides is 1. The minimum absolute atomic E-state index is 0.00267. The molecule has 1 aliphatic heterocycles. The van der Waals surface area contributed by atoms with E-state index < -0.39 is 0 Å². The van der Waals surface area contributed by atoms with Crippen molar-refractivity contribution in [1.82, 2.24) is 4.90 Å². The molecule has 0 aromatic heterocycles. The summed E-state index contributed by atoms with van der Waals surface area (Å²) in [6.45, 7) is 1.63. The second-order valence-electron chi connectivity index (χ2n) is 4.99. The summed E-state index contributed by atoms with van der Waals surface area (Å²) < 4.78 is 5.50. The van der Waals surface area contributed by atoms with E-state index in [1.165, 1.54) is 19.3 Å². The Hall–Kier alpha value is -0.930. The Labute approximate surface area is 129 Å². The van der Waals surface area contributed by atoms with Crippen LogP contribution in [0.15, 0.2) is 18.2 Å². The summed E-state index contributed by atoms with van der Waals surface area (Å²) in [7, 11) is 0. The molecule has 20 heavy (non-hydrogen) atoms. The molecule has 1 fully saturated rings. The van der Waals surface area contributed by atoms with E-state index in [-0.39, 0.29) is 12.5 Å². The number of likely N-dealkylation sites (tertiary alicyclic amines) is 1. The molecule has 0 spiro atoms. The third kappa shape index (κ3) is 4.29. The van der Waals surface area contributed by atoms with Gasteiger partial charge in [0.2, 0.25) is 0 Å². The summed E-state index contributed by atoms with van der Waals surface area (Å²) in [4.78, 5) is 14.1. The van der Waals surface area contributed by atoms with Crippen molar-refractivity contribution in [2.45, 2.75) is 32.1 Å². The third-order valence-corrected chi connectivity index (χ3v) is 4.06. The summed E-state index contributed by atoms with van der Waals surface area (Å²) >= 11 is 12.0. The number of hydrogen-bond donors (Lipinski definition) is 0. The van der Waals surface area contributed by atoms with Gasteiger partial charge in [-0.25, -0.2) is 0 Å². The van der Waals surface area contributed by atoms with Crippen molar-refractivity contribution in [2.24, 2.45) is 0 Å². The largest absolute Gasteiger partial charge is 0.481 e. The van der Waals surface area contributed by atoms with Crippen LogP contribution in [0.4, 0.5) is 0 Å². The van der Waals surface area contributed by atoms with Gasteiger partial charge in [-0.15, -0.1) is 0 Å². The molecule has 110 valence electrons. The molecule has 0 N–H and O–H groups in total. The molecule has 2 rings (SSSR count). The number of carbonyl (C=O) groups excluding carboxylic acids is 1. The summed E-state index contributed by atoms with van der Waals surface area (Å²) in [5.74, 6) is 0.388. The maximum absolute atomic E-state index is 12.2. The van der Waals surface area contributed by atoms with Gasteiger partial charge in [-0.05, 0) is 25.0 Å². The molecule has 0 aliphatic carbocycles. The van der Waals surface area contributed by atoms with E-state index in [1.807, 2.05) is 4.90 Å². The molecular weight excluding hydrogens is 297 g/mol. The first-order chi connectivity index (χ1) is 9.68. The highest BCUT2D eigenvalue weighted by Crippen LogP contribution is 2.32. The highest BCUT2D eigenvalue weighted by Gasteiger charge is 2.16. The van der Waals surface area contributed by atoms with Crippen LogP contribution >= 0.6 is 23.2 Å². The lowest BCUT2D eigenvalue weighted by atomic mass is 10.1. The van der Waals surface area contributed by atoms with Crippen molar-refractivity contribution in [1.29, 1.82) is 0 Å². The van der Waals surface area contributed by atoms with Crippen molar-refractivity contribution < 1.29 is 9.53 Å². The number of nitrogens with zero attached hydrogens (tertiary/aromatic N) is 1. The van der Waals surface area contributed by atoms with Crippen LogP contribution in [-0.2, 0) is 4.79 Å². The second kappa shape index (κ2) is 7.75. The minimum atomic E-state index is -0.0105. The fourth-order valence-corrected chi connectivity index (χ4v) is 2.85. The van der Waals surface area contributed by atoms with Gasteiger partial charge in [-0.3, -0.25) is 4.79 Å². The molecule has 1 saturated heterocycles. The van der Waals surface area contributed by atoms with Gasteiger partial charge >= 0.3 is 0 Å². The van der Waals surface area contributed by atoms with Crippen molar-refractivity contribution in [2.75, 3.05) is 19.7 Å². The van der Waals surface area contributed by atoms with Gasteiger partial charge in [0.15, 0.2) is 12.4 Å². The molecule has 3 nitrogen and oxygen atoms in total. The number of halogens is 2.